The second kappa shape index (κ2) is 3.95. The maximum Gasteiger partial charge on any atom is 0.417 e. The van der Waals surface area contributed by atoms with E-state index in [9.17, 15) is 4.79 Å². The third-order valence-electron chi connectivity index (χ3n) is 2.46. The zero-order valence-electron chi connectivity index (χ0n) is 9.51. The van der Waals surface area contributed by atoms with Crippen LogP contribution in [0.4, 0.5) is 5.69 Å². The molecule has 0 saturated carbocycles. The molecule has 92 valence electrons. The Morgan fingerprint density at radius 2 is 2.33 bits per heavy atom. The van der Waals surface area contributed by atoms with E-state index < -0.39 is 5.76 Å². The summed E-state index contributed by atoms with van der Waals surface area (Å²) >= 11 is 1.49. The van der Waals surface area contributed by atoms with Crippen molar-refractivity contribution in [3.8, 4) is 0 Å². The molecule has 0 radical (unpaired) electrons. The molecule has 3 aromatic rings. The van der Waals surface area contributed by atoms with Gasteiger partial charge in [-0.25, -0.2) is 4.79 Å². The number of aromatic amines is 1. The number of fused-ring (bicyclic) bond motifs is 1. The predicted molar refractivity (Wildman–Crippen MR) is 68.6 cm³/mol. The van der Waals surface area contributed by atoms with Crippen LogP contribution in [0.25, 0.3) is 11.1 Å². The predicted octanol–water partition coefficient (Wildman–Crippen LogP) is 1.59. The fourth-order valence-electron chi connectivity index (χ4n) is 1.66. The van der Waals surface area contributed by atoms with Crippen LogP contribution in [0.1, 0.15) is 0 Å². The lowest BCUT2D eigenvalue weighted by Gasteiger charge is -2.02. The van der Waals surface area contributed by atoms with Gasteiger partial charge in [-0.05, 0) is 6.07 Å². The van der Waals surface area contributed by atoms with Gasteiger partial charge < -0.3 is 10.2 Å². The number of oxazole rings is 1. The lowest BCUT2D eigenvalue weighted by atomic mass is 10.3. The summed E-state index contributed by atoms with van der Waals surface area (Å²) in [4.78, 5) is 15.5. The maximum atomic E-state index is 11.1. The Morgan fingerprint density at radius 3 is 3.06 bits per heavy atom. The summed E-state index contributed by atoms with van der Waals surface area (Å²) in [5.74, 6) is -0.479. The van der Waals surface area contributed by atoms with Crippen LogP contribution >= 0.6 is 11.8 Å². The van der Waals surface area contributed by atoms with Crippen LogP contribution in [-0.4, -0.2) is 14.8 Å². The molecule has 18 heavy (non-hydrogen) atoms. The third-order valence-corrected chi connectivity index (χ3v) is 3.48. The molecule has 0 bridgehead atoms. The summed E-state index contributed by atoms with van der Waals surface area (Å²) in [6.45, 7) is 0. The van der Waals surface area contributed by atoms with Crippen molar-refractivity contribution < 1.29 is 4.42 Å². The lowest BCUT2D eigenvalue weighted by molar-refractivity contribution is 0.555. The van der Waals surface area contributed by atoms with E-state index in [1.165, 1.54) is 11.8 Å². The maximum absolute atomic E-state index is 11.1. The molecule has 2 aromatic heterocycles. The van der Waals surface area contributed by atoms with Crippen LogP contribution in [0.2, 0.25) is 0 Å². The smallest absolute Gasteiger partial charge is 0.408 e. The Hall–Kier alpha value is -2.15. The molecular formula is C11H10N4O2S. The molecule has 1 aromatic carbocycles. The van der Waals surface area contributed by atoms with Gasteiger partial charge in [0.25, 0.3) is 0 Å². The monoisotopic (exact) mass is 262 g/mol. The largest absolute Gasteiger partial charge is 0.417 e. The molecule has 0 unspecified atom stereocenters. The van der Waals surface area contributed by atoms with E-state index >= 15 is 0 Å². The molecule has 0 spiro atoms. The van der Waals surface area contributed by atoms with Crippen molar-refractivity contribution in [2.75, 3.05) is 5.73 Å². The van der Waals surface area contributed by atoms with Crippen LogP contribution < -0.4 is 11.5 Å². The number of hydrogen-bond acceptors (Lipinski definition) is 5. The zero-order valence-corrected chi connectivity index (χ0v) is 10.3. The highest BCUT2D eigenvalue weighted by atomic mass is 32.2. The Kier molecular flexibility index (Phi) is 2.41. The molecular weight excluding hydrogens is 252 g/mol. The van der Waals surface area contributed by atoms with Crippen molar-refractivity contribution in [3.05, 3.63) is 35.1 Å². The summed E-state index contributed by atoms with van der Waals surface area (Å²) in [5, 5.41) is 4.09. The Balaban J connectivity index is 2.05. The fraction of sp³-hybridized carbons (Fsp3) is 0.0909. The van der Waals surface area contributed by atoms with E-state index in [1.807, 2.05) is 13.2 Å². The van der Waals surface area contributed by atoms with E-state index in [-0.39, 0.29) is 0 Å². The van der Waals surface area contributed by atoms with Gasteiger partial charge in [0.15, 0.2) is 5.58 Å². The first kappa shape index (κ1) is 11.0. The van der Waals surface area contributed by atoms with E-state index in [2.05, 4.69) is 10.1 Å². The summed E-state index contributed by atoms with van der Waals surface area (Å²) in [5.41, 5.74) is 7.60. The minimum Gasteiger partial charge on any atom is -0.408 e. The van der Waals surface area contributed by atoms with Gasteiger partial charge in [-0.3, -0.25) is 9.67 Å². The van der Waals surface area contributed by atoms with Crippen molar-refractivity contribution in [1.29, 1.82) is 0 Å². The van der Waals surface area contributed by atoms with Crippen molar-refractivity contribution >= 4 is 28.5 Å². The second-order valence-electron chi connectivity index (χ2n) is 3.85. The van der Waals surface area contributed by atoms with Crippen LogP contribution in [0, 0.1) is 0 Å². The number of aromatic nitrogens is 3. The normalized spacial score (nSPS) is 11.2. The Morgan fingerprint density at radius 1 is 1.50 bits per heavy atom. The summed E-state index contributed by atoms with van der Waals surface area (Å²) in [7, 11) is 1.85. The first-order valence-corrected chi connectivity index (χ1v) is 6.02. The average Bonchev–Trinajstić information content (AvgIpc) is 2.85. The highest BCUT2D eigenvalue weighted by molar-refractivity contribution is 7.99. The number of nitrogens with one attached hydrogen (secondary N) is 1. The molecule has 2 heterocycles. The van der Waals surface area contributed by atoms with Crippen molar-refractivity contribution in [2.45, 2.75) is 9.79 Å². The quantitative estimate of drug-likeness (QED) is 0.684. The minimum atomic E-state index is -0.479. The molecule has 0 aliphatic heterocycles. The summed E-state index contributed by atoms with van der Waals surface area (Å²) in [6.07, 6.45) is 3.65. The number of aryl methyl sites for hydroxylation is 1. The van der Waals surface area contributed by atoms with Crippen LogP contribution in [0.15, 0.2) is 43.5 Å². The molecule has 0 saturated heterocycles. The molecule has 6 nitrogen and oxygen atoms in total. The van der Waals surface area contributed by atoms with Gasteiger partial charge in [-0.1, -0.05) is 11.8 Å². The number of rotatable bonds is 2. The number of H-pyrrole nitrogens is 1. The topological polar surface area (TPSA) is 89.8 Å². The molecule has 0 aliphatic carbocycles. The number of hydrogen-bond donors (Lipinski definition) is 2. The molecule has 3 N–H and O–H groups in total. The first-order valence-electron chi connectivity index (χ1n) is 5.20. The number of anilines is 1. The van der Waals surface area contributed by atoms with E-state index in [0.717, 1.165) is 9.79 Å². The van der Waals surface area contributed by atoms with Crippen molar-refractivity contribution in [2.24, 2.45) is 7.05 Å². The van der Waals surface area contributed by atoms with Crippen LogP contribution in [0.3, 0.4) is 0 Å². The van der Waals surface area contributed by atoms with Gasteiger partial charge in [0.2, 0.25) is 0 Å². The Labute approximate surface area is 106 Å². The zero-order chi connectivity index (χ0) is 12.7. The van der Waals surface area contributed by atoms with Crippen LogP contribution in [0.5, 0.6) is 0 Å². The molecule has 0 aliphatic rings. The SMILES string of the molecule is Cn1cc(Sc2cc3[nH]c(=O)oc3cc2N)cn1. The minimum absolute atomic E-state index is 0.466. The van der Waals surface area contributed by atoms with Gasteiger partial charge in [-0.15, -0.1) is 0 Å². The highest BCUT2D eigenvalue weighted by Gasteiger charge is 2.09. The van der Waals surface area contributed by atoms with Gasteiger partial charge in [0.05, 0.1) is 16.6 Å². The van der Waals surface area contributed by atoms with Gasteiger partial charge >= 0.3 is 5.76 Å². The number of nitrogens with zero attached hydrogens (tertiary/aromatic N) is 2. The standard InChI is InChI=1S/C11H10N4O2S/c1-15-5-6(4-13-15)18-10-3-8-9(2-7(10)12)17-11(16)14-8/h2-5H,12H2,1H3,(H,14,16). The van der Waals surface area contributed by atoms with Gasteiger partial charge in [0, 0.05) is 29.9 Å². The third kappa shape index (κ3) is 1.88. The lowest BCUT2D eigenvalue weighted by Crippen LogP contribution is -1.93. The van der Waals surface area contributed by atoms with E-state index in [4.69, 9.17) is 10.2 Å². The number of nitrogens with two attached hydrogens (primary N) is 1. The molecule has 3 rings (SSSR count). The van der Waals surface area contributed by atoms with Crippen molar-refractivity contribution in [1.82, 2.24) is 14.8 Å². The van der Waals surface area contributed by atoms with E-state index in [1.54, 1.807) is 23.0 Å². The average molecular weight is 262 g/mol. The summed E-state index contributed by atoms with van der Waals surface area (Å²) in [6, 6.07) is 3.44. The molecule has 0 fully saturated rings. The van der Waals surface area contributed by atoms with E-state index in [0.29, 0.717) is 16.8 Å². The second-order valence-corrected chi connectivity index (χ2v) is 4.97. The Bertz CT molecular complexity index is 771. The highest BCUT2D eigenvalue weighted by Crippen LogP contribution is 2.33. The summed E-state index contributed by atoms with van der Waals surface area (Å²) < 4.78 is 6.66. The first-order chi connectivity index (χ1) is 8.61. The molecule has 0 amide bonds. The number of nitrogen functional groups attached to an aromatic ring is 1. The van der Waals surface area contributed by atoms with Gasteiger partial charge in [0.1, 0.15) is 0 Å². The fourth-order valence-corrected chi connectivity index (χ4v) is 2.57. The van der Waals surface area contributed by atoms with Crippen molar-refractivity contribution in [3.63, 3.8) is 0 Å². The van der Waals surface area contributed by atoms with Gasteiger partial charge in [-0.2, -0.15) is 5.10 Å². The molecule has 0 atom stereocenters. The van der Waals surface area contributed by atoms with Crippen LogP contribution in [-0.2, 0) is 7.05 Å². The number of benzene rings is 1. The molecule has 7 heteroatoms.